The van der Waals surface area contributed by atoms with Crippen LogP contribution in [0.5, 0.6) is 0 Å². The average Bonchev–Trinajstić information content (AvgIpc) is 2.15. The molecule has 7 nitrogen and oxygen atoms in total. The predicted molar refractivity (Wildman–Crippen MR) is 56.4 cm³/mol. The third-order valence-corrected chi connectivity index (χ3v) is 3.50. The molecule has 0 saturated heterocycles. The SMILES string of the molecule is CC#CC(CS(=O)(=O)O)OP(=O)(OC)OC. The van der Waals surface area contributed by atoms with Crippen LogP contribution >= 0.6 is 7.82 Å². The molecule has 0 aromatic carbocycles. The zero-order chi connectivity index (χ0) is 12.8. The van der Waals surface area contributed by atoms with Crippen molar-refractivity contribution in [1.82, 2.24) is 0 Å². The summed E-state index contributed by atoms with van der Waals surface area (Å²) in [5, 5.41) is 0. The highest BCUT2D eigenvalue weighted by atomic mass is 32.2. The highest BCUT2D eigenvalue weighted by molar-refractivity contribution is 7.85. The molecule has 0 rings (SSSR count). The third kappa shape index (κ3) is 6.23. The zero-order valence-corrected chi connectivity index (χ0v) is 10.7. The van der Waals surface area contributed by atoms with Gasteiger partial charge < -0.3 is 0 Å². The van der Waals surface area contributed by atoms with Crippen molar-refractivity contribution in [3.05, 3.63) is 0 Å². The van der Waals surface area contributed by atoms with E-state index in [2.05, 4.69) is 20.9 Å². The molecule has 9 heteroatoms. The van der Waals surface area contributed by atoms with Gasteiger partial charge in [-0.05, 0) is 6.92 Å². The Bertz CT molecular complexity index is 410. The van der Waals surface area contributed by atoms with Gasteiger partial charge in [-0.2, -0.15) is 8.42 Å². The minimum atomic E-state index is -4.29. The van der Waals surface area contributed by atoms with Gasteiger partial charge in [0.2, 0.25) is 0 Å². The van der Waals surface area contributed by atoms with Gasteiger partial charge in [-0.1, -0.05) is 5.92 Å². The summed E-state index contributed by atoms with van der Waals surface area (Å²) in [5.41, 5.74) is 0. The molecular formula is C7H13O7PS. The first-order valence-electron chi connectivity index (χ1n) is 4.03. The molecule has 0 spiro atoms. The van der Waals surface area contributed by atoms with Gasteiger partial charge in [-0.3, -0.25) is 18.1 Å². The number of phosphoric ester groups is 1. The molecule has 0 aliphatic carbocycles. The molecule has 0 bridgehead atoms. The molecule has 1 N–H and O–H groups in total. The van der Waals surface area contributed by atoms with Crippen LogP contribution in [0.4, 0.5) is 0 Å². The minimum absolute atomic E-state index is 0.815. The number of hydrogen-bond acceptors (Lipinski definition) is 6. The minimum Gasteiger partial charge on any atom is -0.290 e. The van der Waals surface area contributed by atoms with Crippen molar-refractivity contribution in [1.29, 1.82) is 0 Å². The van der Waals surface area contributed by atoms with Gasteiger partial charge in [0, 0.05) is 14.2 Å². The smallest absolute Gasteiger partial charge is 0.290 e. The highest BCUT2D eigenvalue weighted by Gasteiger charge is 2.29. The van der Waals surface area contributed by atoms with E-state index in [0.717, 1.165) is 14.2 Å². The summed E-state index contributed by atoms with van der Waals surface area (Å²) < 4.78 is 55.0. The summed E-state index contributed by atoms with van der Waals surface area (Å²) >= 11 is 0. The van der Waals surface area contributed by atoms with Crippen LogP contribution in [-0.2, 0) is 28.3 Å². The first-order chi connectivity index (χ1) is 7.26. The summed E-state index contributed by atoms with van der Waals surface area (Å²) in [7, 11) is -5.97. The number of rotatable bonds is 6. The predicted octanol–water partition coefficient (Wildman–Crippen LogP) is 0.684. The first-order valence-corrected chi connectivity index (χ1v) is 7.10. The maximum atomic E-state index is 11.5. The fourth-order valence-electron chi connectivity index (χ4n) is 0.767. The Morgan fingerprint density at radius 2 is 1.88 bits per heavy atom. The van der Waals surface area contributed by atoms with Crippen LogP contribution in [0.25, 0.3) is 0 Å². The lowest BCUT2D eigenvalue weighted by Gasteiger charge is -2.16. The molecule has 0 saturated carbocycles. The summed E-state index contributed by atoms with van der Waals surface area (Å²) in [6.45, 7) is 1.44. The van der Waals surface area contributed by atoms with E-state index in [9.17, 15) is 13.0 Å². The lowest BCUT2D eigenvalue weighted by atomic mass is 10.4. The molecule has 1 atom stereocenters. The standard InChI is InChI=1S/C7H13O7PS/c1-4-5-7(6-16(9,10)11)14-15(8,12-2)13-3/h7H,6H2,1-3H3,(H,9,10,11). The monoisotopic (exact) mass is 272 g/mol. The quantitative estimate of drug-likeness (QED) is 0.431. The fraction of sp³-hybridized carbons (Fsp3) is 0.714. The Morgan fingerprint density at radius 1 is 1.38 bits per heavy atom. The van der Waals surface area contributed by atoms with E-state index in [-0.39, 0.29) is 0 Å². The molecule has 0 heterocycles. The summed E-state index contributed by atoms with van der Waals surface area (Å²) in [6.07, 6.45) is -1.29. The molecule has 0 fully saturated rings. The van der Waals surface area contributed by atoms with Crippen LogP contribution in [0.2, 0.25) is 0 Å². The van der Waals surface area contributed by atoms with Crippen LogP contribution in [0.15, 0.2) is 0 Å². The van der Waals surface area contributed by atoms with Crippen LogP contribution in [0.3, 0.4) is 0 Å². The normalized spacial score (nSPS) is 14.0. The maximum Gasteiger partial charge on any atom is 0.475 e. The first kappa shape index (κ1) is 15.6. The van der Waals surface area contributed by atoms with Gasteiger partial charge in [0.15, 0.2) is 0 Å². The fourth-order valence-corrected chi connectivity index (χ4v) is 2.16. The van der Waals surface area contributed by atoms with Gasteiger partial charge in [0.1, 0.15) is 11.9 Å². The Kier molecular flexibility index (Phi) is 6.18. The number of hydrogen-bond donors (Lipinski definition) is 1. The molecule has 1 unspecified atom stereocenters. The maximum absolute atomic E-state index is 11.5. The molecule has 0 aromatic rings. The van der Waals surface area contributed by atoms with Crippen LogP contribution in [-0.4, -0.2) is 39.0 Å². The van der Waals surface area contributed by atoms with Crippen molar-refractivity contribution in [3.63, 3.8) is 0 Å². The van der Waals surface area contributed by atoms with E-state index in [4.69, 9.17) is 9.08 Å². The van der Waals surface area contributed by atoms with E-state index < -0.39 is 29.8 Å². The second-order valence-electron chi connectivity index (χ2n) is 2.55. The van der Waals surface area contributed by atoms with Crippen molar-refractivity contribution in [2.24, 2.45) is 0 Å². The van der Waals surface area contributed by atoms with Crippen molar-refractivity contribution in [2.75, 3.05) is 20.0 Å². The van der Waals surface area contributed by atoms with Crippen molar-refractivity contribution in [2.45, 2.75) is 13.0 Å². The van der Waals surface area contributed by atoms with E-state index in [1.165, 1.54) is 6.92 Å². The summed E-state index contributed by atoms with van der Waals surface area (Å²) in [6, 6.07) is 0. The second kappa shape index (κ2) is 6.35. The lowest BCUT2D eigenvalue weighted by Crippen LogP contribution is -2.21. The molecule has 0 aromatic heterocycles. The van der Waals surface area contributed by atoms with Crippen LogP contribution in [0.1, 0.15) is 6.92 Å². The molecule has 0 amide bonds. The Hall–Kier alpha value is -0.420. The number of phosphoric acid groups is 1. The van der Waals surface area contributed by atoms with Crippen LogP contribution in [0, 0.1) is 11.8 Å². The largest absolute Gasteiger partial charge is 0.475 e. The molecule has 94 valence electrons. The molecule has 0 aliphatic rings. The average molecular weight is 272 g/mol. The molecule has 0 radical (unpaired) electrons. The van der Waals surface area contributed by atoms with Gasteiger partial charge >= 0.3 is 7.82 Å². The van der Waals surface area contributed by atoms with E-state index in [1.54, 1.807) is 0 Å². The van der Waals surface area contributed by atoms with Gasteiger partial charge in [0.25, 0.3) is 10.1 Å². The van der Waals surface area contributed by atoms with E-state index in [1.807, 2.05) is 0 Å². The second-order valence-corrected chi connectivity index (χ2v) is 5.88. The van der Waals surface area contributed by atoms with E-state index in [0.29, 0.717) is 0 Å². The highest BCUT2D eigenvalue weighted by Crippen LogP contribution is 2.48. The third-order valence-electron chi connectivity index (χ3n) is 1.37. The summed E-state index contributed by atoms with van der Waals surface area (Å²) in [4.78, 5) is 0. The Morgan fingerprint density at radius 3 is 2.19 bits per heavy atom. The van der Waals surface area contributed by atoms with Crippen molar-refractivity contribution in [3.8, 4) is 11.8 Å². The summed E-state index contributed by atoms with van der Waals surface area (Å²) in [5.74, 6) is 3.88. The van der Waals surface area contributed by atoms with Crippen molar-refractivity contribution < 1.29 is 31.1 Å². The van der Waals surface area contributed by atoms with Gasteiger partial charge in [-0.25, -0.2) is 4.57 Å². The zero-order valence-electron chi connectivity index (χ0n) is 9.04. The topological polar surface area (TPSA) is 99.1 Å². The molecule has 0 aliphatic heterocycles. The lowest BCUT2D eigenvalue weighted by molar-refractivity contribution is 0.137. The molecular weight excluding hydrogens is 259 g/mol. The van der Waals surface area contributed by atoms with Gasteiger partial charge in [0.05, 0.1) is 0 Å². The van der Waals surface area contributed by atoms with Crippen molar-refractivity contribution >= 4 is 17.9 Å². The van der Waals surface area contributed by atoms with Crippen LogP contribution < -0.4 is 0 Å². The molecule has 16 heavy (non-hydrogen) atoms. The Labute approximate surface area is 94.4 Å². The van der Waals surface area contributed by atoms with E-state index >= 15 is 0 Å². The van der Waals surface area contributed by atoms with Gasteiger partial charge in [-0.15, -0.1) is 5.92 Å². The Balaban J connectivity index is 4.81.